The Bertz CT molecular complexity index is 1150. The quantitative estimate of drug-likeness (QED) is 0.513. The first-order valence-electron chi connectivity index (χ1n) is 12.6. The second-order valence-corrected chi connectivity index (χ2v) is 10.9. The number of rotatable bonds is 6. The van der Waals surface area contributed by atoms with Crippen molar-refractivity contribution in [2.45, 2.75) is 63.1 Å². The first-order chi connectivity index (χ1) is 16.5. The maximum absolute atomic E-state index is 12.8. The third-order valence-corrected chi connectivity index (χ3v) is 9.61. The van der Waals surface area contributed by atoms with Gasteiger partial charge in [0, 0.05) is 23.5 Å². The molecule has 2 aromatic carbocycles. The number of hydrogen-bond acceptors (Lipinski definition) is 4. The summed E-state index contributed by atoms with van der Waals surface area (Å²) >= 11 is 0. The number of allylic oxidation sites excluding steroid dienone is 1. The highest BCUT2D eigenvalue weighted by molar-refractivity contribution is 5.81. The molecule has 5 aliphatic carbocycles. The van der Waals surface area contributed by atoms with Crippen LogP contribution in [0.5, 0.6) is 11.5 Å². The predicted octanol–water partition coefficient (Wildman–Crippen LogP) is 5.81. The summed E-state index contributed by atoms with van der Waals surface area (Å²) < 4.78 is 18.7. The summed E-state index contributed by atoms with van der Waals surface area (Å²) in [5, 5.41) is 0. The van der Waals surface area contributed by atoms with Crippen molar-refractivity contribution >= 4 is 5.78 Å². The molecule has 7 rings (SSSR count). The number of methoxy groups -OCH3 is 2. The minimum Gasteiger partial charge on any atom is -0.493 e. The van der Waals surface area contributed by atoms with Crippen molar-refractivity contribution in [3.63, 3.8) is 0 Å². The van der Waals surface area contributed by atoms with Gasteiger partial charge in [-0.15, -0.1) is 0 Å². The summed E-state index contributed by atoms with van der Waals surface area (Å²) in [6.45, 7) is 2.25. The second-order valence-electron chi connectivity index (χ2n) is 10.9. The molecule has 0 aromatic heterocycles. The van der Waals surface area contributed by atoms with Crippen LogP contribution in [0.15, 0.2) is 54.6 Å². The molecule has 5 atom stereocenters. The van der Waals surface area contributed by atoms with E-state index in [4.69, 9.17) is 14.2 Å². The zero-order chi connectivity index (χ0) is 23.6. The lowest BCUT2D eigenvalue weighted by atomic mass is 9.35. The minimum atomic E-state index is -0.546. The lowest BCUT2D eigenvalue weighted by molar-refractivity contribution is -0.168. The molecule has 178 valence electrons. The maximum atomic E-state index is 12.8. The zero-order valence-electron chi connectivity index (χ0n) is 20.4. The van der Waals surface area contributed by atoms with Crippen molar-refractivity contribution in [1.29, 1.82) is 0 Å². The van der Waals surface area contributed by atoms with Crippen molar-refractivity contribution in [2.24, 2.45) is 17.3 Å². The molecule has 2 saturated carbocycles. The van der Waals surface area contributed by atoms with Gasteiger partial charge in [0.2, 0.25) is 0 Å². The molecule has 0 saturated heterocycles. The molecule has 4 heteroatoms. The number of carbonyl (C=O) groups excluding carboxylic acids is 1. The van der Waals surface area contributed by atoms with E-state index in [-0.39, 0.29) is 22.5 Å². The topological polar surface area (TPSA) is 44.8 Å². The van der Waals surface area contributed by atoms with E-state index in [0.29, 0.717) is 12.5 Å². The monoisotopic (exact) mass is 458 g/mol. The highest BCUT2D eigenvalue weighted by atomic mass is 16.5. The van der Waals surface area contributed by atoms with Gasteiger partial charge in [-0.3, -0.25) is 4.79 Å². The molecule has 0 unspecified atom stereocenters. The lowest BCUT2D eigenvalue weighted by Gasteiger charge is -2.69. The third-order valence-electron chi connectivity index (χ3n) is 9.61. The largest absolute Gasteiger partial charge is 0.493 e. The molecule has 1 spiro atoms. The van der Waals surface area contributed by atoms with E-state index >= 15 is 0 Å². The van der Waals surface area contributed by atoms with E-state index in [0.717, 1.165) is 42.7 Å². The van der Waals surface area contributed by atoms with Crippen molar-refractivity contribution < 1.29 is 19.0 Å². The highest BCUT2D eigenvalue weighted by Crippen LogP contribution is 2.73. The van der Waals surface area contributed by atoms with E-state index in [1.165, 1.54) is 24.0 Å². The molecule has 0 N–H and O–H groups in total. The van der Waals surface area contributed by atoms with E-state index in [9.17, 15) is 4.79 Å². The second kappa shape index (κ2) is 7.71. The van der Waals surface area contributed by atoms with E-state index in [2.05, 4.69) is 36.4 Å². The van der Waals surface area contributed by atoms with Crippen molar-refractivity contribution in [3.05, 3.63) is 71.3 Å². The Morgan fingerprint density at radius 1 is 1.09 bits per heavy atom. The van der Waals surface area contributed by atoms with Gasteiger partial charge in [0.1, 0.15) is 12.4 Å². The number of hydrogen-bond donors (Lipinski definition) is 0. The van der Waals surface area contributed by atoms with Crippen LogP contribution in [0.2, 0.25) is 0 Å². The Balaban J connectivity index is 1.50. The SMILES string of the molecule is COc1c(OCc2ccccc2)ccc2c1[C@@]13CCC[C@@H](C2)[C@@]12C=C[C@](OC)(C3)[C@H](C(C)=O)C2. The van der Waals surface area contributed by atoms with Crippen LogP contribution in [-0.2, 0) is 28.0 Å². The average Bonchev–Trinajstić information content (AvgIpc) is 2.86. The van der Waals surface area contributed by atoms with Crippen LogP contribution in [0.1, 0.15) is 55.7 Å². The summed E-state index contributed by atoms with van der Waals surface area (Å²) in [5.74, 6) is 2.39. The first-order valence-corrected chi connectivity index (χ1v) is 12.6. The van der Waals surface area contributed by atoms with Gasteiger partial charge in [0.05, 0.1) is 18.6 Å². The smallest absolute Gasteiger partial charge is 0.164 e. The lowest BCUT2D eigenvalue weighted by Crippen LogP contribution is -2.68. The van der Waals surface area contributed by atoms with Crippen LogP contribution in [0.3, 0.4) is 0 Å². The van der Waals surface area contributed by atoms with Crippen LogP contribution in [0, 0.1) is 17.3 Å². The fourth-order valence-corrected chi connectivity index (χ4v) is 8.20. The number of ketones is 1. The fourth-order valence-electron chi connectivity index (χ4n) is 8.20. The van der Waals surface area contributed by atoms with Crippen LogP contribution < -0.4 is 9.47 Å². The van der Waals surface area contributed by atoms with Gasteiger partial charge in [0.15, 0.2) is 11.5 Å². The summed E-state index contributed by atoms with van der Waals surface area (Å²) in [6, 6.07) is 14.6. The predicted molar refractivity (Wildman–Crippen MR) is 131 cm³/mol. The Hall–Kier alpha value is -2.59. The Morgan fingerprint density at radius 2 is 1.91 bits per heavy atom. The Kier molecular flexibility index (Phi) is 4.97. The normalized spacial score (nSPS) is 34.8. The molecule has 2 aromatic rings. The first kappa shape index (κ1) is 21.9. The van der Waals surface area contributed by atoms with Gasteiger partial charge >= 0.3 is 0 Å². The Labute approximate surface area is 202 Å². The number of fused-ring (bicyclic) bond motifs is 2. The standard InChI is InChI=1S/C30H34O4/c1-20(31)24-17-28-14-15-30(24,33-3)19-29(28)13-7-10-23(28)16-22-11-12-25(27(32-2)26(22)29)34-18-21-8-5-4-6-9-21/h4-6,8-9,11-12,14-15,23-24H,7,10,13,16-19H2,1-3H3/t23-,24-,28-,29-,30-/m0/s1. The van der Waals surface area contributed by atoms with Gasteiger partial charge in [-0.1, -0.05) is 55.0 Å². The summed E-state index contributed by atoms with van der Waals surface area (Å²) in [7, 11) is 3.54. The molecule has 0 radical (unpaired) electrons. The van der Waals surface area contributed by atoms with Gasteiger partial charge in [-0.25, -0.2) is 0 Å². The van der Waals surface area contributed by atoms with Gasteiger partial charge in [-0.05, 0) is 62.1 Å². The molecule has 0 aliphatic heterocycles. The number of carbonyl (C=O) groups is 1. The van der Waals surface area contributed by atoms with Crippen LogP contribution >= 0.6 is 0 Å². The Morgan fingerprint density at radius 3 is 2.65 bits per heavy atom. The number of ether oxygens (including phenoxy) is 3. The van der Waals surface area contributed by atoms with E-state index in [1.807, 2.05) is 18.2 Å². The van der Waals surface area contributed by atoms with Crippen LogP contribution in [0.4, 0.5) is 0 Å². The minimum absolute atomic E-state index is 0.0276. The number of Topliss-reactive ketones (excluding diaryl/α,β-unsaturated/α-hetero) is 1. The van der Waals surface area contributed by atoms with Crippen LogP contribution in [0.25, 0.3) is 0 Å². The fraction of sp³-hybridized carbons (Fsp3) is 0.500. The highest BCUT2D eigenvalue weighted by Gasteiger charge is 2.70. The van der Waals surface area contributed by atoms with Crippen LogP contribution in [-0.4, -0.2) is 25.6 Å². The molecule has 0 heterocycles. The molecule has 4 nitrogen and oxygen atoms in total. The van der Waals surface area contributed by atoms with Crippen molar-refractivity contribution in [2.75, 3.05) is 14.2 Å². The molecule has 34 heavy (non-hydrogen) atoms. The van der Waals surface area contributed by atoms with Crippen molar-refractivity contribution in [1.82, 2.24) is 0 Å². The zero-order valence-corrected chi connectivity index (χ0v) is 20.4. The summed E-state index contributed by atoms with van der Waals surface area (Å²) in [4.78, 5) is 12.8. The average molecular weight is 459 g/mol. The van der Waals surface area contributed by atoms with E-state index < -0.39 is 5.60 Å². The van der Waals surface area contributed by atoms with Gasteiger partial charge in [-0.2, -0.15) is 0 Å². The molecular weight excluding hydrogens is 424 g/mol. The number of benzene rings is 2. The van der Waals surface area contributed by atoms with E-state index in [1.54, 1.807) is 21.1 Å². The maximum Gasteiger partial charge on any atom is 0.164 e. The molecule has 5 aliphatic rings. The molecule has 4 bridgehead atoms. The van der Waals surface area contributed by atoms with Gasteiger partial charge in [0.25, 0.3) is 0 Å². The molecular formula is C30H34O4. The van der Waals surface area contributed by atoms with Gasteiger partial charge < -0.3 is 14.2 Å². The molecule has 2 fully saturated rings. The summed E-state index contributed by atoms with van der Waals surface area (Å²) in [5.41, 5.74) is 3.15. The van der Waals surface area contributed by atoms with Crippen molar-refractivity contribution in [3.8, 4) is 11.5 Å². The summed E-state index contributed by atoms with van der Waals surface area (Å²) in [6.07, 6.45) is 10.9. The third kappa shape index (κ3) is 2.78. The molecule has 0 amide bonds.